The molecule has 1 fully saturated rings. The highest BCUT2D eigenvalue weighted by atomic mass is 35.5. The molecule has 4 heteroatoms. The highest BCUT2D eigenvalue weighted by molar-refractivity contribution is 6.30. The molecule has 1 saturated heterocycles. The van der Waals surface area contributed by atoms with Crippen LogP contribution in [0.25, 0.3) is 6.08 Å². The molecule has 0 atom stereocenters. The van der Waals surface area contributed by atoms with Crippen LogP contribution in [0.15, 0.2) is 54.6 Å². The van der Waals surface area contributed by atoms with E-state index in [1.807, 2.05) is 35.2 Å². The average Bonchev–Trinajstić information content (AvgIpc) is 2.61. The molecule has 3 nitrogen and oxygen atoms in total. The van der Waals surface area contributed by atoms with Crippen molar-refractivity contribution >= 4 is 29.3 Å². The highest BCUT2D eigenvalue weighted by Crippen LogP contribution is 2.21. The Labute approximate surface area is 148 Å². The number of carbonyl (C=O) groups is 1. The summed E-state index contributed by atoms with van der Waals surface area (Å²) < 4.78 is 0. The quantitative estimate of drug-likeness (QED) is 0.788. The summed E-state index contributed by atoms with van der Waals surface area (Å²) in [7, 11) is 0. The molecule has 3 rings (SSSR count). The van der Waals surface area contributed by atoms with Gasteiger partial charge in [-0.2, -0.15) is 0 Å². The zero-order valence-corrected chi connectivity index (χ0v) is 14.5. The lowest BCUT2D eigenvalue weighted by Gasteiger charge is -2.36. The van der Waals surface area contributed by atoms with Gasteiger partial charge in [0.25, 0.3) is 0 Å². The summed E-state index contributed by atoms with van der Waals surface area (Å²) in [6, 6.07) is 15.9. The summed E-state index contributed by atoms with van der Waals surface area (Å²) in [6.45, 7) is 5.36. The first-order valence-electron chi connectivity index (χ1n) is 8.16. The van der Waals surface area contributed by atoms with Crippen LogP contribution in [0.3, 0.4) is 0 Å². The minimum absolute atomic E-state index is 0.0642. The molecular weight excluding hydrogens is 320 g/mol. The van der Waals surface area contributed by atoms with Crippen molar-refractivity contribution in [3.05, 3.63) is 70.8 Å². The van der Waals surface area contributed by atoms with Crippen molar-refractivity contribution in [2.45, 2.75) is 6.92 Å². The second-order valence-corrected chi connectivity index (χ2v) is 6.42. The van der Waals surface area contributed by atoms with Crippen molar-refractivity contribution in [2.24, 2.45) is 0 Å². The first-order chi connectivity index (χ1) is 11.6. The molecule has 0 N–H and O–H groups in total. The molecule has 124 valence electrons. The van der Waals surface area contributed by atoms with Crippen LogP contribution in [0.1, 0.15) is 11.1 Å². The van der Waals surface area contributed by atoms with Crippen LogP contribution >= 0.6 is 11.6 Å². The van der Waals surface area contributed by atoms with Gasteiger partial charge in [-0.1, -0.05) is 41.9 Å². The highest BCUT2D eigenvalue weighted by Gasteiger charge is 2.20. The zero-order chi connectivity index (χ0) is 16.9. The maximum atomic E-state index is 12.3. The van der Waals surface area contributed by atoms with E-state index in [9.17, 15) is 4.79 Å². The van der Waals surface area contributed by atoms with Crippen molar-refractivity contribution in [1.82, 2.24) is 4.90 Å². The molecule has 2 aromatic carbocycles. The molecule has 1 amide bonds. The number of piperazine rings is 1. The van der Waals surface area contributed by atoms with Crippen LogP contribution in [-0.2, 0) is 4.79 Å². The van der Waals surface area contributed by atoms with Gasteiger partial charge in [0.1, 0.15) is 0 Å². The number of hydrogen-bond acceptors (Lipinski definition) is 2. The third-order valence-electron chi connectivity index (χ3n) is 4.34. The fourth-order valence-electron chi connectivity index (χ4n) is 2.93. The summed E-state index contributed by atoms with van der Waals surface area (Å²) in [4.78, 5) is 16.6. The van der Waals surface area contributed by atoms with Gasteiger partial charge >= 0.3 is 0 Å². The Morgan fingerprint density at radius 3 is 2.33 bits per heavy atom. The third-order valence-corrected chi connectivity index (χ3v) is 4.59. The minimum atomic E-state index is 0.0642. The molecule has 2 aromatic rings. The second-order valence-electron chi connectivity index (χ2n) is 5.98. The fourth-order valence-corrected chi connectivity index (χ4v) is 3.06. The zero-order valence-electron chi connectivity index (χ0n) is 13.8. The minimum Gasteiger partial charge on any atom is -0.368 e. The van der Waals surface area contributed by atoms with E-state index in [1.165, 1.54) is 11.3 Å². The molecule has 24 heavy (non-hydrogen) atoms. The molecule has 1 heterocycles. The maximum absolute atomic E-state index is 12.3. The number of benzene rings is 2. The molecule has 0 saturated carbocycles. The van der Waals surface area contributed by atoms with Crippen molar-refractivity contribution in [1.29, 1.82) is 0 Å². The summed E-state index contributed by atoms with van der Waals surface area (Å²) in [5, 5.41) is 0.700. The Hall–Kier alpha value is -2.26. The fraction of sp³-hybridized carbons (Fsp3) is 0.250. The van der Waals surface area contributed by atoms with E-state index in [0.29, 0.717) is 5.02 Å². The standard InChI is InChI=1S/C20H21ClN2O/c1-16-4-2-3-5-19(16)22-12-14-23(15-13-22)20(24)11-8-17-6-9-18(21)10-7-17/h2-11H,12-15H2,1H3/b11-8+. The monoisotopic (exact) mass is 340 g/mol. The number of amides is 1. The van der Waals surface area contributed by atoms with Crippen molar-refractivity contribution in [2.75, 3.05) is 31.1 Å². The number of anilines is 1. The first kappa shape index (κ1) is 16.6. The van der Waals surface area contributed by atoms with E-state index >= 15 is 0 Å². The number of para-hydroxylation sites is 1. The first-order valence-corrected chi connectivity index (χ1v) is 8.54. The van der Waals surface area contributed by atoms with E-state index < -0.39 is 0 Å². The Kier molecular flexibility index (Phi) is 5.21. The Morgan fingerprint density at radius 2 is 1.67 bits per heavy atom. The molecule has 0 spiro atoms. The van der Waals surface area contributed by atoms with Gasteiger partial charge in [-0.3, -0.25) is 4.79 Å². The Morgan fingerprint density at radius 1 is 1.00 bits per heavy atom. The van der Waals surface area contributed by atoms with E-state index in [0.717, 1.165) is 31.7 Å². The summed E-state index contributed by atoms with van der Waals surface area (Å²) in [6.07, 6.45) is 3.49. The topological polar surface area (TPSA) is 23.6 Å². The van der Waals surface area contributed by atoms with Crippen LogP contribution in [0.2, 0.25) is 5.02 Å². The average molecular weight is 341 g/mol. The van der Waals surface area contributed by atoms with Crippen molar-refractivity contribution in [3.8, 4) is 0 Å². The molecule has 0 aliphatic carbocycles. The summed E-state index contributed by atoms with van der Waals surface area (Å²) >= 11 is 5.87. The normalized spacial score (nSPS) is 15.1. The van der Waals surface area contributed by atoms with Crippen LogP contribution in [0.5, 0.6) is 0 Å². The van der Waals surface area contributed by atoms with Crippen LogP contribution in [-0.4, -0.2) is 37.0 Å². The second kappa shape index (κ2) is 7.54. The van der Waals surface area contributed by atoms with Gasteiger partial charge in [-0.05, 0) is 42.3 Å². The predicted molar refractivity (Wildman–Crippen MR) is 100 cm³/mol. The van der Waals surface area contributed by atoms with E-state index in [-0.39, 0.29) is 5.91 Å². The Balaban J connectivity index is 1.57. The van der Waals surface area contributed by atoms with Gasteiger partial charge in [0.15, 0.2) is 0 Å². The lowest BCUT2D eigenvalue weighted by atomic mass is 10.1. The molecular formula is C20H21ClN2O. The van der Waals surface area contributed by atoms with Crippen molar-refractivity contribution in [3.63, 3.8) is 0 Å². The number of carbonyl (C=O) groups excluding carboxylic acids is 1. The maximum Gasteiger partial charge on any atom is 0.246 e. The van der Waals surface area contributed by atoms with Gasteiger partial charge in [-0.25, -0.2) is 0 Å². The SMILES string of the molecule is Cc1ccccc1N1CCN(C(=O)/C=C/c2ccc(Cl)cc2)CC1. The Bertz CT molecular complexity index is 732. The van der Waals surface area contributed by atoms with Gasteiger partial charge in [0.05, 0.1) is 0 Å². The number of halogens is 1. The third kappa shape index (κ3) is 3.98. The van der Waals surface area contributed by atoms with Crippen LogP contribution in [0.4, 0.5) is 5.69 Å². The number of hydrogen-bond donors (Lipinski definition) is 0. The smallest absolute Gasteiger partial charge is 0.246 e. The van der Waals surface area contributed by atoms with Crippen LogP contribution < -0.4 is 4.90 Å². The number of aryl methyl sites for hydroxylation is 1. The molecule has 0 aromatic heterocycles. The van der Waals surface area contributed by atoms with Gasteiger partial charge in [0, 0.05) is 43.0 Å². The molecule has 0 unspecified atom stereocenters. The van der Waals surface area contributed by atoms with E-state index in [2.05, 4.69) is 36.1 Å². The number of rotatable bonds is 3. The van der Waals surface area contributed by atoms with Gasteiger partial charge in [-0.15, -0.1) is 0 Å². The van der Waals surface area contributed by atoms with Crippen molar-refractivity contribution < 1.29 is 4.79 Å². The van der Waals surface area contributed by atoms with Gasteiger partial charge in [0.2, 0.25) is 5.91 Å². The lowest BCUT2D eigenvalue weighted by Crippen LogP contribution is -2.48. The predicted octanol–water partition coefficient (Wildman–Crippen LogP) is 4.01. The van der Waals surface area contributed by atoms with E-state index in [4.69, 9.17) is 11.6 Å². The summed E-state index contributed by atoms with van der Waals surface area (Å²) in [5.74, 6) is 0.0642. The molecule has 1 aliphatic heterocycles. The van der Waals surface area contributed by atoms with E-state index in [1.54, 1.807) is 6.08 Å². The van der Waals surface area contributed by atoms with Gasteiger partial charge < -0.3 is 9.80 Å². The number of nitrogens with zero attached hydrogens (tertiary/aromatic N) is 2. The largest absolute Gasteiger partial charge is 0.368 e. The summed E-state index contributed by atoms with van der Waals surface area (Å²) in [5.41, 5.74) is 3.52. The lowest BCUT2D eigenvalue weighted by molar-refractivity contribution is -0.126. The molecule has 0 bridgehead atoms. The molecule has 1 aliphatic rings. The molecule has 0 radical (unpaired) electrons. The van der Waals surface area contributed by atoms with Crippen LogP contribution in [0, 0.1) is 6.92 Å².